The Morgan fingerprint density at radius 1 is 1.22 bits per heavy atom. The van der Waals surface area contributed by atoms with Crippen LogP contribution < -0.4 is 10.6 Å². The number of piperazine rings is 1. The van der Waals surface area contributed by atoms with Crippen LogP contribution >= 0.6 is 0 Å². The fourth-order valence-corrected chi connectivity index (χ4v) is 2.37. The molecule has 1 saturated heterocycles. The molecule has 1 fully saturated rings. The third-order valence-corrected chi connectivity index (χ3v) is 3.60. The van der Waals surface area contributed by atoms with Crippen molar-refractivity contribution in [1.82, 2.24) is 9.88 Å². The molecule has 1 aromatic heterocycles. The van der Waals surface area contributed by atoms with Crippen molar-refractivity contribution in [2.45, 2.75) is 32.9 Å². The lowest BCUT2D eigenvalue weighted by Gasteiger charge is -2.42. The van der Waals surface area contributed by atoms with Gasteiger partial charge in [-0.1, -0.05) is 0 Å². The van der Waals surface area contributed by atoms with Crippen LogP contribution in [-0.4, -0.2) is 41.6 Å². The van der Waals surface area contributed by atoms with Crippen LogP contribution in [0.1, 0.15) is 26.3 Å². The third-order valence-electron chi connectivity index (χ3n) is 3.60. The van der Waals surface area contributed by atoms with Gasteiger partial charge in [-0.3, -0.25) is 4.90 Å². The van der Waals surface area contributed by atoms with E-state index < -0.39 is 0 Å². The molecule has 18 heavy (non-hydrogen) atoms. The zero-order valence-electron chi connectivity index (χ0n) is 11.7. The minimum Gasteiger partial charge on any atom is -0.354 e. The van der Waals surface area contributed by atoms with Gasteiger partial charge < -0.3 is 10.6 Å². The van der Waals surface area contributed by atoms with E-state index in [4.69, 9.17) is 5.73 Å². The Kier molecular flexibility index (Phi) is 3.88. The Morgan fingerprint density at radius 3 is 2.44 bits per heavy atom. The molecule has 0 spiro atoms. The van der Waals surface area contributed by atoms with Gasteiger partial charge in [-0.2, -0.15) is 0 Å². The molecule has 0 unspecified atom stereocenters. The van der Waals surface area contributed by atoms with Gasteiger partial charge in [0, 0.05) is 44.5 Å². The van der Waals surface area contributed by atoms with Gasteiger partial charge in [-0.05, 0) is 38.5 Å². The highest BCUT2D eigenvalue weighted by Crippen LogP contribution is 2.19. The molecule has 2 heterocycles. The molecule has 4 nitrogen and oxygen atoms in total. The fourth-order valence-electron chi connectivity index (χ4n) is 2.37. The lowest BCUT2D eigenvalue weighted by Crippen LogP contribution is -2.53. The standard InChI is InChI=1S/C14H24N4/c1-14(2,3)18-8-6-17(7-9-18)13-10-12(11-15)4-5-16-13/h4-5,10H,6-9,11,15H2,1-3H3. The first-order chi connectivity index (χ1) is 8.50. The van der Waals surface area contributed by atoms with E-state index in [1.165, 1.54) is 0 Å². The molecule has 2 N–H and O–H groups in total. The van der Waals surface area contributed by atoms with Crippen LogP contribution in [0, 0.1) is 0 Å². The Bertz CT molecular complexity index is 389. The summed E-state index contributed by atoms with van der Waals surface area (Å²) in [5.41, 5.74) is 7.09. The summed E-state index contributed by atoms with van der Waals surface area (Å²) in [6.07, 6.45) is 1.85. The second-order valence-corrected chi connectivity index (χ2v) is 5.87. The molecule has 0 bridgehead atoms. The molecule has 4 heteroatoms. The van der Waals surface area contributed by atoms with Gasteiger partial charge in [0.25, 0.3) is 0 Å². The average Bonchev–Trinajstić information content (AvgIpc) is 2.38. The normalized spacial score (nSPS) is 18.1. The fraction of sp³-hybridized carbons (Fsp3) is 0.643. The highest BCUT2D eigenvalue weighted by atomic mass is 15.3. The van der Waals surface area contributed by atoms with Crippen molar-refractivity contribution < 1.29 is 0 Å². The first kappa shape index (κ1) is 13.3. The molecule has 1 aromatic rings. The first-order valence-electron chi connectivity index (χ1n) is 6.66. The van der Waals surface area contributed by atoms with Crippen LogP contribution in [0.15, 0.2) is 18.3 Å². The molecular formula is C14H24N4. The summed E-state index contributed by atoms with van der Waals surface area (Å²) in [5, 5.41) is 0. The van der Waals surface area contributed by atoms with Crippen molar-refractivity contribution in [1.29, 1.82) is 0 Å². The van der Waals surface area contributed by atoms with Gasteiger partial charge in [0.1, 0.15) is 5.82 Å². The molecule has 1 aliphatic rings. The monoisotopic (exact) mass is 248 g/mol. The quantitative estimate of drug-likeness (QED) is 0.860. The van der Waals surface area contributed by atoms with E-state index in [1.54, 1.807) is 0 Å². The summed E-state index contributed by atoms with van der Waals surface area (Å²) in [5.74, 6) is 1.06. The summed E-state index contributed by atoms with van der Waals surface area (Å²) in [7, 11) is 0. The summed E-state index contributed by atoms with van der Waals surface area (Å²) < 4.78 is 0. The minimum atomic E-state index is 0.263. The van der Waals surface area contributed by atoms with E-state index in [2.05, 4.69) is 41.6 Å². The largest absolute Gasteiger partial charge is 0.354 e. The highest BCUT2D eigenvalue weighted by Gasteiger charge is 2.26. The van der Waals surface area contributed by atoms with E-state index in [1.807, 2.05) is 12.3 Å². The van der Waals surface area contributed by atoms with Crippen molar-refractivity contribution in [3.63, 3.8) is 0 Å². The molecule has 0 radical (unpaired) electrons. The summed E-state index contributed by atoms with van der Waals surface area (Å²) in [6, 6.07) is 4.08. The summed E-state index contributed by atoms with van der Waals surface area (Å²) in [4.78, 5) is 9.32. The van der Waals surface area contributed by atoms with Crippen LogP contribution in [-0.2, 0) is 6.54 Å². The molecule has 0 aromatic carbocycles. The predicted molar refractivity (Wildman–Crippen MR) is 75.7 cm³/mol. The van der Waals surface area contributed by atoms with Gasteiger partial charge in [-0.15, -0.1) is 0 Å². The number of nitrogens with two attached hydrogens (primary N) is 1. The van der Waals surface area contributed by atoms with E-state index >= 15 is 0 Å². The molecule has 0 atom stereocenters. The number of hydrogen-bond donors (Lipinski definition) is 1. The van der Waals surface area contributed by atoms with Crippen molar-refractivity contribution in [2.24, 2.45) is 5.73 Å². The Labute approximate surface area is 110 Å². The first-order valence-corrected chi connectivity index (χ1v) is 6.66. The summed E-state index contributed by atoms with van der Waals surface area (Å²) >= 11 is 0. The van der Waals surface area contributed by atoms with Crippen molar-refractivity contribution >= 4 is 5.82 Å². The minimum absolute atomic E-state index is 0.263. The average molecular weight is 248 g/mol. The molecule has 2 rings (SSSR count). The van der Waals surface area contributed by atoms with Gasteiger partial charge in [0.2, 0.25) is 0 Å². The van der Waals surface area contributed by atoms with Crippen LogP contribution in [0.2, 0.25) is 0 Å². The molecule has 0 aliphatic carbocycles. The highest BCUT2D eigenvalue weighted by molar-refractivity contribution is 5.41. The molecular weight excluding hydrogens is 224 g/mol. The third kappa shape index (κ3) is 3.00. The van der Waals surface area contributed by atoms with Crippen molar-refractivity contribution in [3.05, 3.63) is 23.9 Å². The Balaban J connectivity index is 2.01. The second-order valence-electron chi connectivity index (χ2n) is 5.87. The van der Waals surface area contributed by atoms with Gasteiger partial charge in [-0.25, -0.2) is 4.98 Å². The smallest absolute Gasteiger partial charge is 0.128 e. The Hall–Kier alpha value is -1.13. The number of aromatic nitrogens is 1. The maximum atomic E-state index is 5.67. The number of rotatable bonds is 2. The topological polar surface area (TPSA) is 45.4 Å². The van der Waals surface area contributed by atoms with Crippen LogP contribution in [0.4, 0.5) is 5.82 Å². The predicted octanol–water partition coefficient (Wildman–Crippen LogP) is 1.46. The van der Waals surface area contributed by atoms with E-state index in [-0.39, 0.29) is 5.54 Å². The maximum absolute atomic E-state index is 5.67. The lowest BCUT2D eigenvalue weighted by molar-refractivity contribution is 0.128. The number of pyridine rings is 1. The van der Waals surface area contributed by atoms with Gasteiger partial charge >= 0.3 is 0 Å². The van der Waals surface area contributed by atoms with Crippen LogP contribution in [0.25, 0.3) is 0 Å². The molecule has 0 saturated carbocycles. The zero-order chi connectivity index (χ0) is 13.2. The number of nitrogens with zero attached hydrogens (tertiary/aromatic N) is 3. The van der Waals surface area contributed by atoms with Crippen molar-refractivity contribution in [3.8, 4) is 0 Å². The number of anilines is 1. The molecule has 100 valence electrons. The van der Waals surface area contributed by atoms with E-state index in [9.17, 15) is 0 Å². The van der Waals surface area contributed by atoms with Crippen molar-refractivity contribution in [2.75, 3.05) is 31.1 Å². The van der Waals surface area contributed by atoms with E-state index in [0.29, 0.717) is 6.54 Å². The lowest BCUT2D eigenvalue weighted by atomic mass is 10.0. The zero-order valence-corrected chi connectivity index (χ0v) is 11.7. The van der Waals surface area contributed by atoms with Crippen LogP contribution in [0.5, 0.6) is 0 Å². The summed E-state index contributed by atoms with van der Waals surface area (Å²) in [6.45, 7) is 11.7. The van der Waals surface area contributed by atoms with Gasteiger partial charge in [0.05, 0.1) is 0 Å². The maximum Gasteiger partial charge on any atom is 0.128 e. The molecule has 1 aliphatic heterocycles. The Morgan fingerprint density at radius 2 is 1.89 bits per heavy atom. The molecule has 0 amide bonds. The SMILES string of the molecule is CC(C)(C)N1CCN(c2cc(CN)ccn2)CC1. The second kappa shape index (κ2) is 5.24. The van der Waals surface area contributed by atoms with Gasteiger partial charge in [0.15, 0.2) is 0 Å². The number of hydrogen-bond acceptors (Lipinski definition) is 4. The van der Waals surface area contributed by atoms with E-state index in [0.717, 1.165) is 37.6 Å². The van der Waals surface area contributed by atoms with Crippen LogP contribution in [0.3, 0.4) is 0 Å².